The van der Waals surface area contributed by atoms with E-state index in [9.17, 15) is 9.59 Å². The number of esters is 1. The molecule has 0 saturated heterocycles. The smallest absolute Gasteiger partial charge is 0.306 e. The second-order valence-corrected chi connectivity index (χ2v) is 6.49. The molecule has 0 saturated carbocycles. The fourth-order valence-electron chi connectivity index (χ4n) is 2.38. The molecule has 26 heavy (non-hydrogen) atoms. The van der Waals surface area contributed by atoms with Gasteiger partial charge >= 0.3 is 5.97 Å². The number of ketones is 1. The van der Waals surface area contributed by atoms with Gasteiger partial charge in [0.1, 0.15) is 19.0 Å². The quantitative estimate of drug-likeness (QED) is 0.464. The summed E-state index contributed by atoms with van der Waals surface area (Å²) in [5.74, 6) is 0.510. The van der Waals surface area contributed by atoms with E-state index in [1.165, 1.54) is 5.56 Å². The lowest BCUT2D eigenvalue weighted by Crippen LogP contribution is -2.11. The molecule has 2 rings (SSSR count). The third-order valence-corrected chi connectivity index (χ3v) is 4.03. The van der Waals surface area contributed by atoms with E-state index in [1.807, 2.05) is 62.4 Å². The lowest BCUT2D eigenvalue weighted by atomic mass is 10.1. The van der Waals surface area contributed by atoms with Crippen molar-refractivity contribution in [1.82, 2.24) is 0 Å². The van der Waals surface area contributed by atoms with Gasteiger partial charge in [-0.2, -0.15) is 0 Å². The highest BCUT2D eigenvalue weighted by molar-refractivity contribution is 5.80. The van der Waals surface area contributed by atoms with Crippen molar-refractivity contribution >= 4 is 11.8 Å². The first-order valence-electron chi connectivity index (χ1n) is 8.95. The molecule has 0 atom stereocenters. The molecular weight excluding hydrogens is 328 g/mol. The van der Waals surface area contributed by atoms with Crippen LogP contribution in [0.25, 0.3) is 0 Å². The number of carbonyl (C=O) groups is 2. The molecule has 4 nitrogen and oxygen atoms in total. The van der Waals surface area contributed by atoms with Gasteiger partial charge in [-0.25, -0.2) is 0 Å². The number of hydrogen-bond donors (Lipinski definition) is 0. The average molecular weight is 354 g/mol. The zero-order chi connectivity index (χ0) is 18.8. The van der Waals surface area contributed by atoms with E-state index in [0.29, 0.717) is 38.0 Å². The van der Waals surface area contributed by atoms with E-state index >= 15 is 0 Å². The molecule has 2 aromatic rings. The van der Waals surface area contributed by atoms with Gasteiger partial charge in [0.15, 0.2) is 5.78 Å². The van der Waals surface area contributed by atoms with Gasteiger partial charge in [-0.3, -0.25) is 9.59 Å². The van der Waals surface area contributed by atoms with Crippen molar-refractivity contribution in [2.45, 2.75) is 46.1 Å². The zero-order valence-corrected chi connectivity index (χ0v) is 15.5. The SMILES string of the molecule is Cc1ccc(COC(=O)CCCCC(=O)COc2ccc(C)cc2)cc1. The Labute approximate surface area is 155 Å². The van der Waals surface area contributed by atoms with Gasteiger partial charge in [0, 0.05) is 12.8 Å². The molecule has 0 aliphatic rings. The van der Waals surface area contributed by atoms with Gasteiger partial charge in [-0.05, 0) is 44.4 Å². The summed E-state index contributed by atoms with van der Waals surface area (Å²) in [5, 5.41) is 0. The van der Waals surface area contributed by atoms with Crippen LogP contribution in [0, 0.1) is 13.8 Å². The molecule has 0 spiro atoms. The average Bonchev–Trinajstić information content (AvgIpc) is 2.64. The molecule has 0 bridgehead atoms. The van der Waals surface area contributed by atoms with Crippen molar-refractivity contribution in [3.8, 4) is 5.75 Å². The first kappa shape index (κ1) is 19.7. The topological polar surface area (TPSA) is 52.6 Å². The largest absolute Gasteiger partial charge is 0.486 e. The molecule has 0 unspecified atom stereocenters. The zero-order valence-electron chi connectivity index (χ0n) is 15.5. The van der Waals surface area contributed by atoms with Crippen molar-refractivity contribution in [1.29, 1.82) is 0 Å². The molecular formula is C22H26O4. The molecule has 0 heterocycles. The summed E-state index contributed by atoms with van der Waals surface area (Å²) in [4.78, 5) is 23.6. The molecule has 0 amide bonds. The Balaban J connectivity index is 1.54. The molecule has 0 aliphatic heterocycles. The minimum absolute atomic E-state index is 0.0404. The normalized spacial score (nSPS) is 10.4. The van der Waals surface area contributed by atoms with Crippen molar-refractivity contribution in [2.24, 2.45) is 0 Å². The predicted molar refractivity (Wildman–Crippen MR) is 101 cm³/mol. The van der Waals surface area contributed by atoms with Crippen LogP contribution >= 0.6 is 0 Å². The second kappa shape index (κ2) is 10.4. The summed E-state index contributed by atoms with van der Waals surface area (Å²) in [7, 11) is 0. The van der Waals surface area contributed by atoms with Crippen LogP contribution in [0.5, 0.6) is 5.75 Å². The monoisotopic (exact) mass is 354 g/mol. The first-order chi connectivity index (χ1) is 12.5. The summed E-state index contributed by atoms with van der Waals surface area (Å²) in [6.07, 6.45) is 2.05. The van der Waals surface area contributed by atoms with E-state index in [-0.39, 0.29) is 18.4 Å². The summed E-state index contributed by atoms with van der Waals surface area (Å²) in [6, 6.07) is 15.5. The van der Waals surface area contributed by atoms with Gasteiger partial charge in [-0.15, -0.1) is 0 Å². The van der Waals surface area contributed by atoms with E-state index < -0.39 is 0 Å². The number of benzene rings is 2. The highest BCUT2D eigenvalue weighted by Gasteiger charge is 2.07. The second-order valence-electron chi connectivity index (χ2n) is 6.49. The Morgan fingerprint density at radius 2 is 1.38 bits per heavy atom. The number of carbonyl (C=O) groups excluding carboxylic acids is 2. The maximum absolute atomic E-state index is 11.8. The standard InChI is InChI=1S/C22H26O4/c1-17-7-11-19(12-8-17)15-26-22(24)6-4-3-5-20(23)16-25-21-13-9-18(2)10-14-21/h7-14H,3-6,15-16H2,1-2H3. The Morgan fingerprint density at radius 1 is 0.808 bits per heavy atom. The Bertz CT molecular complexity index is 638. The maximum Gasteiger partial charge on any atom is 0.306 e. The van der Waals surface area contributed by atoms with Crippen LogP contribution in [0.3, 0.4) is 0 Å². The fourth-order valence-corrected chi connectivity index (χ4v) is 2.38. The summed E-state index contributed by atoms with van der Waals surface area (Å²) in [5.41, 5.74) is 3.31. The van der Waals surface area contributed by atoms with Crippen LogP contribution in [-0.2, 0) is 20.9 Å². The third kappa shape index (κ3) is 7.51. The molecule has 0 aromatic heterocycles. The maximum atomic E-state index is 11.8. The van der Waals surface area contributed by atoms with Crippen molar-refractivity contribution in [3.63, 3.8) is 0 Å². The Hall–Kier alpha value is -2.62. The number of ether oxygens (including phenoxy) is 2. The predicted octanol–water partition coefficient (Wildman–Crippen LogP) is 4.56. The van der Waals surface area contributed by atoms with E-state index in [0.717, 1.165) is 11.1 Å². The van der Waals surface area contributed by atoms with Crippen molar-refractivity contribution in [3.05, 3.63) is 65.2 Å². The third-order valence-electron chi connectivity index (χ3n) is 4.03. The molecule has 0 N–H and O–H groups in total. The summed E-state index contributed by atoms with van der Waals surface area (Å²) in [6.45, 7) is 4.38. The molecule has 138 valence electrons. The van der Waals surface area contributed by atoms with E-state index in [1.54, 1.807) is 0 Å². The number of Topliss-reactive ketones (excluding diaryl/α,β-unsaturated/α-hetero) is 1. The number of rotatable bonds is 10. The Kier molecular flexibility index (Phi) is 7.87. The van der Waals surface area contributed by atoms with Crippen LogP contribution in [0.15, 0.2) is 48.5 Å². The minimum atomic E-state index is -0.228. The van der Waals surface area contributed by atoms with Crippen LogP contribution in [0.2, 0.25) is 0 Å². The van der Waals surface area contributed by atoms with Crippen LogP contribution in [-0.4, -0.2) is 18.4 Å². The van der Waals surface area contributed by atoms with Gasteiger partial charge in [-0.1, -0.05) is 47.5 Å². The molecule has 0 radical (unpaired) electrons. The van der Waals surface area contributed by atoms with Gasteiger partial charge in [0.2, 0.25) is 0 Å². The van der Waals surface area contributed by atoms with Crippen molar-refractivity contribution < 1.29 is 19.1 Å². The Morgan fingerprint density at radius 3 is 2.04 bits per heavy atom. The fraction of sp³-hybridized carbons (Fsp3) is 0.364. The van der Waals surface area contributed by atoms with Crippen LogP contribution in [0.1, 0.15) is 42.4 Å². The number of hydrogen-bond acceptors (Lipinski definition) is 4. The lowest BCUT2D eigenvalue weighted by Gasteiger charge is -2.07. The number of aryl methyl sites for hydroxylation is 2. The number of unbranched alkanes of at least 4 members (excludes halogenated alkanes) is 1. The first-order valence-corrected chi connectivity index (χ1v) is 8.95. The molecule has 4 heteroatoms. The van der Waals surface area contributed by atoms with Gasteiger partial charge in [0.05, 0.1) is 0 Å². The summed E-state index contributed by atoms with van der Waals surface area (Å²) < 4.78 is 10.7. The molecule has 2 aromatic carbocycles. The van der Waals surface area contributed by atoms with Gasteiger partial charge in [0.25, 0.3) is 0 Å². The van der Waals surface area contributed by atoms with Crippen molar-refractivity contribution in [2.75, 3.05) is 6.61 Å². The molecule has 0 fully saturated rings. The summed E-state index contributed by atoms with van der Waals surface area (Å²) >= 11 is 0. The van der Waals surface area contributed by atoms with E-state index in [2.05, 4.69) is 0 Å². The highest BCUT2D eigenvalue weighted by Crippen LogP contribution is 2.12. The minimum Gasteiger partial charge on any atom is -0.486 e. The highest BCUT2D eigenvalue weighted by atomic mass is 16.5. The molecule has 0 aliphatic carbocycles. The van der Waals surface area contributed by atoms with Gasteiger partial charge < -0.3 is 9.47 Å². The van der Waals surface area contributed by atoms with Crippen LogP contribution < -0.4 is 4.74 Å². The van der Waals surface area contributed by atoms with E-state index in [4.69, 9.17) is 9.47 Å². The van der Waals surface area contributed by atoms with Crippen LogP contribution in [0.4, 0.5) is 0 Å². The lowest BCUT2D eigenvalue weighted by molar-refractivity contribution is -0.145.